The maximum atomic E-state index is 11.3. The number of carbonyl (C=O) groups is 3. The molecule has 9 nitrogen and oxygen atoms in total. The van der Waals surface area contributed by atoms with Crippen molar-refractivity contribution in [1.29, 1.82) is 0 Å². The van der Waals surface area contributed by atoms with E-state index in [9.17, 15) is 14.4 Å². The van der Waals surface area contributed by atoms with Crippen LogP contribution in [-0.2, 0) is 4.79 Å². The number of fused-ring (bicyclic) bond motifs is 2. The Bertz CT molecular complexity index is 755. The molecule has 4 fully saturated rings. The van der Waals surface area contributed by atoms with Gasteiger partial charge in [0.2, 0.25) is 5.91 Å². The van der Waals surface area contributed by atoms with Gasteiger partial charge >= 0.3 is 12.1 Å². The molecule has 4 aliphatic heterocycles. The van der Waals surface area contributed by atoms with Crippen molar-refractivity contribution in [2.24, 2.45) is 5.73 Å². The lowest BCUT2D eigenvalue weighted by atomic mass is 10.0. The van der Waals surface area contributed by atoms with Crippen molar-refractivity contribution in [3.63, 3.8) is 0 Å². The van der Waals surface area contributed by atoms with Crippen LogP contribution < -0.4 is 32.3 Å². The fourth-order valence-electron chi connectivity index (χ4n) is 4.95. The van der Waals surface area contributed by atoms with Gasteiger partial charge in [-0.25, -0.2) is 9.59 Å². The number of hydrogen-bond acceptors (Lipinski definition) is 6. The number of amides is 5. The lowest BCUT2D eigenvalue weighted by molar-refractivity contribution is -0.117. The molecule has 6 atom stereocenters. The zero-order valence-electron chi connectivity index (χ0n) is 20.8. The van der Waals surface area contributed by atoms with Crippen molar-refractivity contribution in [3.8, 4) is 0 Å². The molecule has 11 heteroatoms. The van der Waals surface area contributed by atoms with Crippen LogP contribution in [-0.4, -0.2) is 77.2 Å². The summed E-state index contributed by atoms with van der Waals surface area (Å²) in [5.41, 5.74) is 6.01. The van der Waals surface area contributed by atoms with Crippen LogP contribution in [0.2, 0.25) is 0 Å². The van der Waals surface area contributed by atoms with Crippen LogP contribution >= 0.6 is 23.5 Å². The second kappa shape index (κ2) is 14.2. The summed E-state index contributed by atoms with van der Waals surface area (Å²) in [4.78, 5) is 33.7. The Morgan fingerprint density at radius 1 is 0.886 bits per heavy atom. The molecular formula is C24H42N6O3S2. The van der Waals surface area contributed by atoms with E-state index in [1.54, 1.807) is 6.92 Å². The SMILES string of the molecule is C=C(C)C(=O)NCCCCC[C@@H]1SC[C@@H]2NC(=O)N[C@@H]21.NCCCCC[C@@H]1SC[C@@H]2NC(=O)N[C@@H]21. The molecule has 0 saturated carbocycles. The Balaban J connectivity index is 0.000000203. The Kier molecular flexibility index (Phi) is 11.4. The molecule has 4 aliphatic rings. The first-order chi connectivity index (χ1) is 16.9. The predicted octanol–water partition coefficient (Wildman–Crippen LogP) is 2.08. The highest BCUT2D eigenvalue weighted by atomic mass is 32.2. The second-order valence-corrected chi connectivity index (χ2v) is 12.3. The molecule has 4 rings (SSSR count). The van der Waals surface area contributed by atoms with E-state index in [1.165, 1.54) is 19.3 Å². The van der Waals surface area contributed by atoms with E-state index in [4.69, 9.17) is 5.73 Å². The lowest BCUT2D eigenvalue weighted by Crippen LogP contribution is -2.36. The van der Waals surface area contributed by atoms with E-state index in [-0.39, 0.29) is 18.0 Å². The van der Waals surface area contributed by atoms with Crippen LogP contribution in [0.1, 0.15) is 58.3 Å². The molecule has 7 N–H and O–H groups in total. The molecule has 0 spiro atoms. The summed E-state index contributed by atoms with van der Waals surface area (Å²) in [6, 6.07) is 1.33. The van der Waals surface area contributed by atoms with Gasteiger partial charge in [0.1, 0.15) is 0 Å². The molecule has 0 radical (unpaired) electrons. The van der Waals surface area contributed by atoms with Gasteiger partial charge in [-0.2, -0.15) is 23.5 Å². The van der Waals surface area contributed by atoms with Gasteiger partial charge in [-0.1, -0.05) is 32.3 Å². The third kappa shape index (κ3) is 8.49. The molecule has 0 bridgehead atoms. The van der Waals surface area contributed by atoms with E-state index >= 15 is 0 Å². The molecule has 5 amide bonds. The minimum absolute atomic E-state index is 0.0114. The zero-order valence-corrected chi connectivity index (χ0v) is 22.4. The normalized spacial score (nSPS) is 30.2. The third-order valence-corrected chi connectivity index (χ3v) is 9.92. The lowest BCUT2D eigenvalue weighted by Gasteiger charge is -2.16. The van der Waals surface area contributed by atoms with Crippen LogP contribution in [0, 0.1) is 0 Å². The van der Waals surface area contributed by atoms with E-state index in [0.717, 1.165) is 50.2 Å². The first kappa shape index (κ1) is 28.0. The number of urea groups is 2. The van der Waals surface area contributed by atoms with Crippen molar-refractivity contribution >= 4 is 41.5 Å². The van der Waals surface area contributed by atoms with Gasteiger partial charge < -0.3 is 32.3 Å². The Hall–Kier alpha value is -1.59. The summed E-state index contributed by atoms with van der Waals surface area (Å²) in [5, 5.41) is 15.9. The number of carbonyl (C=O) groups excluding carboxylic acids is 3. The highest BCUT2D eigenvalue weighted by Crippen LogP contribution is 2.34. The van der Waals surface area contributed by atoms with Gasteiger partial charge in [0, 0.05) is 34.1 Å². The van der Waals surface area contributed by atoms with Crippen molar-refractivity contribution in [2.75, 3.05) is 24.6 Å². The number of hydrogen-bond donors (Lipinski definition) is 6. The van der Waals surface area contributed by atoms with E-state index in [1.807, 2.05) is 23.5 Å². The molecule has 0 unspecified atom stereocenters. The first-order valence-corrected chi connectivity index (χ1v) is 15.0. The number of nitrogens with one attached hydrogen (secondary N) is 5. The maximum Gasteiger partial charge on any atom is 0.315 e. The Morgan fingerprint density at radius 2 is 1.40 bits per heavy atom. The summed E-state index contributed by atoms with van der Waals surface area (Å²) in [6.07, 6.45) is 9.13. The zero-order chi connectivity index (χ0) is 25.2. The summed E-state index contributed by atoms with van der Waals surface area (Å²) in [5.74, 6) is 2.02. The standard InChI is InChI=1S/C14H23N3O2S.C10H19N3OS/c1-9(2)13(18)15-7-5-3-4-6-11-12-10(8-20-11)16-14(19)17-12;11-5-3-1-2-4-8-9-7(6-15-8)12-10(14)13-9/h10-12H,1,3-8H2,2H3,(H,15,18)(H2,16,17,19);7-9H,1-6,11H2,(H2,12,13,14)/t10-,11-,12-;7-,8-,9-/m00/s1. The molecule has 0 aromatic rings. The molecule has 4 saturated heterocycles. The average Bonchev–Trinajstić information content (AvgIpc) is 3.56. The fraction of sp³-hybridized carbons (Fsp3) is 0.792. The Labute approximate surface area is 217 Å². The second-order valence-electron chi connectivity index (χ2n) is 9.77. The highest BCUT2D eigenvalue weighted by Gasteiger charge is 2.43. The van der Waals surface area contributed by atoms with Gasteiger partial charge in [0.05, 0.1) is 24.2 Å². The van der Waals surface area contributed by atoms with Crippen molar-refractivity contribution < 1.29 is 14.4 Å². The highest BCUT2D eigenvalue weighted by molar-refractivity contribution is 8.00. The largest absolute Gasteiger partial charge is 0.352 e. The summed E-state index contributed by atoms with van der Waals surface area (Å²) in [7, 11) is 0. The van der Waals surface area contributed by atoms with Crippen molar-refractivity contribution in [3.05, 3.63) is 12.2 Å². The quantitative estimate of drug-likeness (QED) is 0.131. The molecule has 0 aromatic carbocycles. The van der Waals surface area contributed by atoms with Crippen LogP contribution in [0.25, 0.3) is 0 Å². The van der Waals surface area contributed by atoms with Gasteiger partial charge in [-0.15, -0.1) is 0 Å². The fourth-order valence-corrected chi connectivity index (χ4v) is 8.04. The maximum absolute atomic E-state index is 11.3. The Morgan fingerprint density at radius 3 is 1.89 bits per heavy atom. The summed E-state index contributed by atoms with van der Waals surface area (Å²) in [6.45, 7) is 6.83. The van der Waals surface area contributed by atoms with Gasteiger partial charge in [-0.05, 0) is 39.2 Å². The van der Waals surface area contributed by atoms with Crippen LogP contribution in [0.15, 0.2) is 12.2 Å². The monoisotopic (exact) mass is 526 g/mol. The third-order valence-electron chi connectivity index (χ3n) is 6.91. The average molecular weight is 527 g/mol. The summed E-state index contributed by atoms with van der Waals surface area (Å²) >= 11 is 3.94. The van der Waals surface area contributed by atoms with Crippen LogP contribution in [0.4, 0.5) is 9.59 Å². The van der Waals surface area contributed by atoms with Gasteiger partial charge in [-0.3, -0.25) is 4.79 Å². The van der Waals surface area contributed by atoms with E-state index < -0.39 is 0 Å². The predicted molar refractivity (Wildman–Crippen MR) is 145 cm³/mol. The topological polar surface area (TPSA) is 137 Å². The molecule has 0 aliphatic carbocycles. The minimum atomic E-state index is -0.0565. The molecule has 4 heterocycles. The number of rotatable bonds is 12. The first-order valence-electron chi connectivity index (χ1n) is 12.9. The van der Waals surface area contributed by atoms with Crippen LogP contribution in [0.3, 0.4) is 0 Å². The molecule has 198 valence electrons. The molecular weight excluding hydrogens is 484 g/mol. The van der Waals surface area contributed by atoms with Gasteiger partial charge in [0.25, 0.3) is 0 Å². The summed E-state index contributed by atoms with van der Waals surface area (Å²) < 4.78 is 0. The van der Waals surface area contributed by atoms with Gasteiger partial charge in [0.15, 0.2) is 0 Å². The smallest absolute Gasteiger partial charge is 0.315 e. The van der Waals surface area contributed by atoms with Crippen molar-refractivity contribution in [1.82, 2.24) is 26.6 Å². The number of thioether (sulfide) groups is 2. The number of nitrogens with two attached hydrogens (primary N) is 1. The van der Waals surface area contributed by atoms with Crippen LogP contribution in [0.5, 0.6) is 0 Å². The molecule has 35 heavy (non-hydrogen) atoms. The van der Waals surface area contributed by atoms with E-state index in [0.29, 0.717) is 46.8 Å². The number of unbranched alkanes of at least 4 members (excludes halogenated alkanes) is 4. The van der Waals surface area contributed by atoms with E-state index in [2.05, 4.69) is 33.2 Å². The van der Waals surface area contributed by atoms with Crippen molar-refractivity contribution in [2.45, 2.75) is 93.0 Å². The molecule has 0 aromatic heterocycles. The minimum Gasteiger partial charge on any atom is -0.352 e.